The first kappa shape index (κ1) is 22.4. The third-order valence-corrected chi connectivity index (χ3v) is 7.54. The van der Waals surface area contributed by atoms with Crippen LogP contribution in [0.4, 0.5) is 5.69 Å². The number of ether oxygens (including phenoxy) is 1. The number of thioether (sulfide) groups is 1. The van der Waals surface area contributed by atoms with E-state index in [1.807, 2.05) is 0 Å². The van der Waals surface area contributed by atoms with Crippen LogP contribution >= 0.6 is 11.8 Å². The Kier molecular flexibility index (Phi) is 7.57. The molecule has 0 radical (unpaired) electrons. The molecule has 0 saturated carbocycles. The highest BCUT2D eigenvalue weighted by Gasteiger charge is 2.29. The van der Waals surface area contributed by atoms with Gasteiger partial charge in [0.15, 0.2) is 6.20 Å². The zero-order valence-corrected chi connectivity index (χ0v) is 18.4. The summed E-state index contributed by atoms with van der Waals surface area (Å²) in [6.07, 6.45) is 4.04. The highest BCUT2D eigenvalue weighted by atomic mass is 32.2. The van der Waals surface area contributed by atoms with Gasteiger partial charge in [0, 0.05) is 30.9 Å². The van der Waals surface area contributed by atoms with E-state index in [0.717, 1.165) is 31.0 Å². The first-order valence-corrected chi connectivity index (χ1v) is 12.2. The maximum atomic E-state index is 13.2. The van der Waals surface area contributed by atoms with Gasteiger partial charge in [0.25, 0.3) is 5.03 Å². The van der Waals surface area contributed by atoms with E-state index in [1.165, 1.54) is 16.6 Å². The van der Waals surface area contributed by atoms with Crippen LogP contribution in [0.25, 0.3) is 0 Å². The van der Waals surface area contributed by atoms with E-state index in [1.54, 1.807) is 37.3 Å². The number of sulfonamides is 1. The number of amides is 1. The number of nitrogens with one attached hydrogen (secondary N) is 1. The first-order chi connectivity index (χ1) is 14.4. The van der Waals surface area contributed by atoms with E-state index in [0.29, 0.717) is 35.1 Å². The van der Waals surface area contributed by atoms with E-state index in [2.05, 4.69) is 5.32 Å². The third kappa shape index (κ3) is 5.44. The number of anilines is 1. The Balaban J connectivity index is 1.76. The lowest BCUT2D eigenvalue weighted by Gasteiger charge is -2.27. The molecule has 0 bridgehead atoms. The molecule has 30 heavy (non-hydrogen) atoms. The second kappa shape index (κ2) is 10.1. The van der Waals surface area contributed by atoms with Crippen molar-refractivity contribution in [3.63, 3.8) is 0 Å². The number of hydrogen-bond donors (Lipinski definition) is 1. The van der Waals surface area contributed by atoms with Crippen LogP contribution in [0.5, 0.6) is 5.75 Å². The molecular formula is C20H25N3O5S2. The second-order valence-electron chi connectivity index (χ2n) is 6.76. The van der Waals surface area contributed by atoms with Crippen LogP contribution in [0.2, 0.25) is 0 Å². The number of carbonyl (C=O) groups is 1. The van der Waals surface area contributed by atoms with Gasteiger partial charge in [-0.2, -0.15) is 9.04 Å². The molecule has 8 nitrogen and oxygen atoms in total. The minimum atomic E-state index is -3.73. The summed E-state index contributed by atoms with van der Waals surface area (Å²) in [5.74, 6) is -0.0466. The molecular weight excluding hydrogens is 426 g/mol. The SMILES string of the molecule is CCOc1ccc(NC(=O)CSc2cccc[n+]2[O-])cc1S(=O)(=O)N1CCCCC1. The van der Waals surface area contributed by atoms with E-state index in [4.69, 9.17) is 4.74 Å². The minimum Gasteiger partial charge on any atom is -0.618 e. The fourth-order valence-corrected chi connectivity index (χ4v) is 5.56. The van der Waals surface area contributed by atoms with E-state index in [-0.39, 0.29) is 22.3 Å². The predicted molar refractivity (Wildman–Crippen MR) is 115 cm³/mol. The first-order valence-electron chi connectivity index (χ1n) is 9.79. The molecule has 10 heteroatoms. The van der Waals surface area contributed by atoms with E-state index >= 15 is 0 Å². The van der Waals surface area contributed by atoms with Crippen molar-refractivity contribution >= 4 is 33.4 Å². The summed E-state index contributed by atoms with van der Waals surface area (Å²) in [7, 11) is -3.73. The van der Waals surface area contributed by atoms with Gasteiger partial charge < -0.3 is 15.3 Å². The van der Waals surface area contributed by atoms with Crippen molar-refractivity contribution in [3.05, 3.63) is 47.8 Å². The maximum absolute atomic E-state index is 13.2. The van der Waals surface area contributed by atoms with Gasteiger partial charge in [-0.15, -0.1) is 0 Å². The van der Waals surface area contributed by atoms with Crippen molar-refractivity contribution in [1.29, 1.82) is 0 Å². The molecule has 0 atom stereocenters. The molecule has 1 aromatic carbocycles. The van der Waals surface area contributed by atoms with E-state index in [9.17, 15) is 18.4 Å². The van der Waals surface area contributed by atoms with E-state index < -0.39 is 10.0 Å². The predicted octanol–water partition coefficient (Wildman–Crippen LogP) is 2.62. The van der Waals surface area contributed by atoms with Crippen molar-refractivity contribution < 1.29 is 22.7 Å². The number of rotatable bonds is 8. The van der Waals surface area contributed by atoms with Gasteiger partial charge in [-0.05, 0) is 55.8 Å². The fraction of sp³-hybridized carbons (Fsp3) is 0.400. The fourth-order valence-electron chi connectivity index (χ4n) is 3.17. The average molecular weight is 452 g/mol. The molecule has 3 rings (SSSR count). The van der Waals surface area contributed by atoms with Crippen LogP contribution in [0.1, 0.15) is 26.2 Å². The lowest BCUT2D eigenvalue weighted by Crippen LogP contribution is -2.35. The van der Waals surface area contributed by atoms with Crippen LogP contribution in [0.3, 0.4) is 0 Å². The lowest BCUT2D eigenvalue weighted by atomic mass is 10.2. The summed E-state index contributed by atoms with van der Waals surface area (Å²) in [6, 6.07) is 9.57. The molecule has 1 saturated heterocycles. The monoisotopic (exact) mass is 451 g/mol. The second-order valence-corrected chi connectivity index (χ2v) is 9.66. The molecule has 2 heterocycles. The summed E-state index contributed by atoms with van der Waals surface area (Å²) < 4.78 is 34.0. The van der Waals surface area contributed by atoms with Crippen molar-refractivity contribution in [2.75, 3.05) is 30.8 Å². The number of pyridine rings is 1. The normalized spacial score (nSPS) is 15.0. The van der Waals surface area contributed by atoms with Crippen LogP contribution in [0, 0.1) is 5.21 Å². The largest absolute Gasteiger partial charge is 0.618 e. The standard InChI is InChI=1S/C20H25N3O5S2/c1-2-28-17-10-9-16(14-18(17)30(26,27)22-11-5-3-6-12-22)21-19(24)15-29-20-8-4-7-13-23(20)25/h4,7-10,13-14H,2-3,5-6,11-12,15H2,1H3,(H,21,24). The Morgan fingerprint density at radius 3 is 2.70 bits per heavy atom. The molecule has 1 aliphatic rings. The summed E-state index contributed by atoms with van der Waals surface area (Å²) in [5, 5.41) is 14.8. The molecule has 1 N–H and O–H groups in total. The van der Waals surface area contributed by atoms with Crippen molar-refractivity contribution in [2.24, 2.45) is 0 Å². The number of carbonyl (C=O) groups excluding carboxylic acids is 1. The van der Waals surface area contributed by atoms with Crippen LogP contribution in [0.15, 0.2) is 52.5 Å². The lowest BCUT2D eigenvalue weighted by molar-refractivity contribution is -0.645. The zero-order valence-electron chi connectivity index (χ0n) is 16.7. The van der Waals surface area contributed by atoms with Gasteiger partial charge in [0.05, 0.1) is 12.4 Å². The van der Waals surface area contributed by atoms with Gasteiger partial charge in [-0.3, -0.25) is 4.79 Å². The van der Waals surface area contributed by atoms with Crippen LogP contribution < -0.4 is 14.8 Å². The molecule has 2 aromatic rings. The van der Waals surface area contributed by atoms with Crippen molar-refractivity contribution in [1.82, 2.24) is 4.31 Å². The van der Waals surface area contributed by atoms with Gasteiger partial charge >= 0.3 is 0 Å². The molecule has 1 amide bonds. The minimum absolute atomic E-state index is 0.0215. The number of hydrogen-bond acceptors (Lipinski definition) is 6. The zero-order chi connectivity index (χ0) is 21.6. The Hall–Kier alpha value is -2.30. The summed E-state index contributed by atoms with van der Waals surface area (Å²) in [6.45, 7) is 3.08. The number of piperidine rings is 1. The number of nitrogens with zero attached hydrogens (tertiary/aromatic N) is 2. The van der Waals surface area contributed by atoms with Gasteiger partial charge in [-0.1, -0.05) is 6.42 Å². The third-order valence-electron chi connectivity index (χ3n) is 4.60. The Bertz CT molecular complexity index is 992. The molecule has 0 aliphatic carbocycles. The topological polar surface area (TPSA) is 103 Å². The van der Waals surface area contributed by atoms with Crippen LogP contribution in [-0.4, -0.2) is 44.1 Å². The smallest absolute Gasteiger partial charge is 0.251 e. The van der Waals surface area contributed by atoms with Gasteiger partial charge in [0.1, 0.15) is 10.6 Å². The summed E-state index contributed by atoms with van der Waals surface area (Å²) >= 11 is 1.11. The maximum Gasteiger partial charge on any atom is 0.251 e. The molecule has 1 aromatic heterocycles. The molecule has 0 spiro atoms. The Morgan fingerprint density at radius 2 is 2.00 bits per heavy atom. The quantitative estimate of drug-likeness (QED) is 0.376. The number of aromatic nitrogens is 1. The molecule has 1 aliphatic heterocycles. The van der Waals surface area contributed by atoms with Gasteiger partial charge in [0.2, 0.25) is 15.9 Å². The number of benzene rings is 1. The highest BCUT2D eigenvalue weighted by Crippen LogP contribution is 2.31. The highest BCUT2D eigenvalue weighted by molar-refractivity contribution is 7.99. The molecule has 1 fully saturated rings. The van der Waals surface area contributed by atoms with Gasteiger partial charge in [-0.25, -0.2) is 8.42 Å². The molecule has 0 unspecified atom stereocenters. The Morgan fingerprint density at radius 1 is 1.23 bits per heavy atom. The summed E-state index contributed by atoms with van der Waals surface area (Å²) in [4.78, 5) is 12.4. The van der Waals surface area contributed by atoms with Crippen LogP contribution in [-0.2, 0) is 14.8 Å². The van der Waals surface area contributed by atoms with Crippen molar-refractivity contribution in [2.45, 2.75) is 36.1 Å². The average Bonchev–Trinajstić information content (AvgIpc) is 2.75. The summed E-state index contributed by atoms with van der Waals surface area (Å²) in [5.41, 5.74) is 0.364. The Labute approximate surface area is 180 Å². The molecule has 162 valence electrons. The van der Waals surface area contributed by atoms with Crippen molar-refractivity contribution in [3.8, 4) is 5.75 Å².